The molecule has 0 atom stereocenters. The number of halogens is 4. The topological polar surface area (TPSA) is 51.8 Å². The van der Waals surface area contributed by atoms with Gasteiger partial charge in [0.1, 0.15) is 10.2 Å². The standard InChI is InChI=1S/C5H3BrF3N3/c6-3-1-2(5(7,8)9)4(10)12-11-3/h1H,(H2,10,12). The molecule has 0 aromatic carbocycles. The van der Waals surface area contributed by atoms with Gasteiger partial charge in [0.15, 0.2) is 5.82 Å². The second-order valence-corrected chi connectivity index (χ2v) is 2.78. The number of nitrogens with zero attached hydrogens (tertiary/aromatic N) is 2. The summed E-state index contributed by atoms with van der Waals surface area (Å²) in [6, 6.07) is 0.780. The predicted molar refractivity (Wildman–Crippen MR) is 39.1 cm³/mol. The highest BCUT2D eigenvalue weighted by Gasteiger charge is 2.34. The molecule has 0 bridgehead atoms. The van der Waals surface area contributed by atoms with E-state index in [0.29, 0.717) is 0 Å². The quantitative estimate of drug-likeness (QED) is 0.755. The van der Waals surface area contributed by atoms with Crippen molar-refractivity contribution in [1.29, 1.82) is 0 Å². The number of hydrogen-bond acceptors (Lipinski definition) is 3. The van der Waals surface area contributed by atoms with Crippen molar-refractivity contribution in [2.24, 2.45) is 0 Å². The van der Waals surface area contributed by atoms with Crippen molar-refractivity contribution in [3.8, 4) is 0 Å². The largest absolute Gasteiger partial charge is 0.420 e. The molecule has 0 radical (unpaired) electrons. The third-order valence-electron chi connectivity index (χ3n) is 1.10. The number of nitrogen functional groups attached to an aromatic ring is 1. The maximum atomic E-state index is 12.1. The molecule has 1 aromatic heterocycles. The van der Waals surface area contributed by atoms with Gasteiger partial charge in [0, 0.05) is 0 Å². The van der Waals surface area contributed by atoms with Crippen LogP contribution in [-0.4, -0.2) is 10.2 Å². The van der Waals surface area contributed by atoms with Gasteiger partial charge in [-0.3, -0.25) is 0 Å². The third kappa shape index (κ3) is 1.84. The summed E-state index contributed by atoms with van der Waals surface area (Å²) >= 11 is 2.76. The summed E-state index contributed by atoms with van der Waals surface area (Å²) in [6.45, 7) is 0. The van der Waals surface area contributed by atoms with Gasteiger partial charge < -0.3 is 5.73 Å². The molecule has 0 saturated carbocycles. The molecule has 1 aromatic rings. The van der Waals surface area contributed by atoms with E-state index in [4.69, 9.17) is 5.73 Å². The van der Waals surface area contributed by atoms with Gasteiger partial charge in [-0.25, -0.2) is 0 Å². The van der Waals surface area contributed by atoms with Crippen molar-refractivity contribution in [2.45, 2.75) is 6.18 Å². The van der Waals surface area contributed by atoms with Crippen LogP contribution >= 0.6 is 15.9 Å². The molecule has 0 spiro atoms. The van der Waals surface area contributed by atoms with E-state index in [0.717, 1.165) is 6.07 Å². The van der Waals surface area contributed by atoms with E-state index in [1.807, 2.05) is 0 Å². The summed E-state index contributed by atoms with van der Waals surface area (Å²) in [5.74, 6) is -0.620. The van der Waals surface area contributed by atoms with Gasteiger partial charge in [0.25, 0.3) is 0 Å². The molecular weight excluding hydrogens is 239 g/mol. The summed E-state index contributed by atoms with van der Waals surface area (Å²) in [4.78, 5) is 0. The fourth-order valence-corrected chi connectivity index (χ4v) is 0.913. The Morgan fingerprint density at radius 3 is 2.33 bits per heavy atom. The molecule has 1 rings (SSSR count). The molecule has 0 saturated heterocycles. The Labute approximate surface area is 73.9 Å². The van der Waals surface area contributed by atoms with Gasteiger partial charge in [-0.2, -0.15) is 13.2 Å². The minimum atomic E-state index is -4.48. The van der Waals surface area contributed by atoms with Crippen molar-refractivity contribution in [2.75, 3.05) is 5.73 Å². The Bertz CT molecular complexity index is 298. The van der Waals surface area contributed by atoms with Crippen LogP contribution < -0.4 is 5.73 Å². The summed E-state index contributed by atoms with van der Waals surface area (Å²) in [6.07, 6.45) is -4.48. The highest BCUT2D eigenvalue weighted by atomic mass is 79.9. The van der Waals surface area contributed by atoms with Gasteiger partial charge in [-0.15, -0.1) is 10.2 Å². The molecular formula is C5H3BrF3N3. The first kappa shape index (κ1) is 9.24. The maximum Gasteiger partial charge on any atom is 0.420 e. The lowest BCUT2D eigenvalue weighted by molar-refractivity contribution is -0.137. The second kappa shape index (κ2) is 2.89. The molecule has 0 fully saturated rings. The van der Waals surface area contributed by atoms with Crippen LogP contribution in [0.4, 0.5) is 19.0 Å². The highest BCUT2D eigenvalue weighted by molar-refractivity contribution is 9.10. The van der Waals surface area contributed by atoms with Crippen LogP contribution in [0, 0.1) is 0 Å². The molecule has 0 aliphatic carbocycles. The molecule has 7 heteroatoms. The van der Waals surface area contributed by atoms with E-state index in [1.165, 1.54) is 0 Å². The zero-order valence-electron chi connectivity index (χ0n) is 5.56. The minimum absolute atomic E-state index is 0.00373. The Hall–Kier alpha value is -0.850. The molecule has 0 unspecified atom stereocenters. The summed E-state index contributed by atoms with van der Waals surface area (Å²) < 4.78 is 36.2. The lowest BCUT2D eigenvalue weighted by Gasteiger charge is -2.07. The van der Waals surface area contributed by atoms with Crippen molar-refractivity contribution < 1.29 is 13.2 Å². The van der Waals surface area contributed by atoms with Crippen LogP contribution in [0.25, 0.3) is 0 Å². The van der Waals surface area contributed by atoms with Crippen molar-refractivity contribution in [3.63, 3.8) is 0 Å². The highest BCUT2D eigenvalue weighted by Crippen LogP contribution is 2.32. The maximum absolute atomic E-state index is 12.1. The number of alkyl halides is 3. The van der Waals surface area contributed by atoms with Crippen LogP contribution in [0.3, 0.4) is 0 Å². The average molecular weight is 242 g/mol. The first-order chi connectivity index (χ1) is 5.41. The minimum Gasteiger partial charge on any atom is -0.382 e. The molecule has 12 heavy (non-hydrogen) atoms. The van der Waals surface area contributed by atoms with E-state index in [-0.39, 0.29) is 4.60 Å². The van der Waals surface area contributed by atoms with Crippen LogP contribution in [-0.2, 0) is 6.18 Å². The normalized spacial score (nSPS) is 11.7. The Morgan fingerprint density at radius 1 is 1.33 bits per heavy atom. The Kier molecular flexibility index (Phi) is 2.22. The molecule has 0 aliphatic heterocycles. The monoisotopic (exact) mass is 241 g/mol. The van der Waals surface area contributed by atoms with E-state index in [2.05, 4.69) is 26.1 Å². The smallest absolute Gasteiger partial charge is 0.382 e. The molecule has 66 valence electrons. The van der Waals surface area contributed by atoms with Crippen LogP contribution in [0.15, 0.2) is 10.7 Å². The predicted octanol–water partition coefficient (Wildman–Crippen LogP) is 1.84. The lowest BCUT2D eigenvalue weighted by Crippen LogP contribution is -2.11. The van der Waals surface area contributed by atoms with Gasteiger partial charge in [0.2, 0.25) is 0 Å². The number of rotatable bonds is 0. The van der Waals surface area contributed by atoms with Crippen LogP contribution in [0.1, 0.15) is 5.56 Å². The van der Waals surface area contributed by atoms with Gasteiger partial charge in [0.05, 0.1) is 0 Å². The molecule has 1 heterocycles. The fraction of sp³-hybridized carbons (Fsp3) is 0.200. The summed E-state index contributed by atoms with van der Waals surface area (Å²) in [7, 11) is 0. The van der Waals surface area contributed by atoms with Crippen LogP contribution in [0.2, 0.25) is 0 Å². The Balaban J connectivity index is 3.23. The molecule has 0 aliphatic rings. The van der Waals surface area contributed by atoms with Gasteiger partial charge in [-0.05, 0) is 22.0 Å². The lowest BCUT2D eigenvalue weighted by atomic mass is 10.3. The molecule has 3 nitrogen and oxygen atoms in total. The van der Waals surface area contributed by atoms with E-state index in [1.54, 1.807) is 0 Å². The zero-order chi connectivity index (χ0) is 9.35. The third-order valence-corrected chi connectivity index (χ3v) is 1.49. The van der Waals surface area contributed by atoms with E-state index < -0.39 is 17.6 Å². The van der Waals surface area contributed by atoms with Gasteiger partial charge in [-0.1, -0.05) is 0 Å². The van der Waals surface area contributed by atoms with Crippen molar-refractivity contribution in [3.05, 3.63) is 16.2 Å². The summed E-state index contributed by atoms with van der Waals surface area (Å²) in [5, 5.41) is 6.40. The van der Waals surface area contributed by atoms with Gasteiger partial charge >= 0.3 is 6.18 Å². The fourth-order valence-electron chi connectivity index (χ4n) is 0.604. The van der Waals surface area contributed by atoms with E-state index in [9.17, 15) is 13.2 Å². The number of anilines is 1. The van der Waals surface area contributed by atoms with Crippen LogP contribution in [0.5, 0.6) is 0 Å². The number of hydrogen-bond donors (Lipinski definition) is 1. The van der Waals surface area contributed by atoms with Crippen molar-refractivity contribution in [1.82, 2.24) is 10.2 Å². The zero-order valence-corrected chi connectivity index (χ0v) is 7.15. The molecule has 2 N–H and O–H groups in total. The van der Waals surface area contributed by atoms with E-state index >= 15 is 0 Å². The average Bonchev–Trinajstić information content (AvgIpc) is 1.92. The Morgan fingerprint density at radius 2 is 1.92 bits per heavy atom. The second-order valence-electron chi connectivity index (χ2n) is 1.96. The van der Waals surface area contributed by atoms with Crippen molar-refractivity contribution >= 4 is 21.7 Å². The first-order valence-corrected chi connectivity index (χ1v) is 3.56. The number of nitrogens with two attached hydrogens (primary N) is 1. The SMILES string of the molecule is Nc1nnc(Br)cc1C(F)(F)F. The molecule has 0 amide bonds. The number of aromatic nitrogens is 2. The summed E-state index contributed by atoms with van der Waals surface area (Å²) in [5.41, 5.74) is 3.98. The first-order valence-electron chi connectivity index (χ1n) is 2.77.